The van der Waals surface area contributed by atoms with E-state index in [9.17, 15) is 0 Å². The summed E-state index contributed by atoms with van der Waals surface area (Å²) in [6.45, 7) is 0. The summed E-state index contributed by atoms with van der Waals surface area (Å²) in [6.07, 6.45) is 0. The van der Waals surface area contributed by atoms with Gasteiger partial charge in [-0.25, -0.2) is 0 Å². The minimum atomic E-state index is 1.23. The molecule has 2 nitrogen and oxygen atoms in total. The Bertz CT molecular complexity index is 3400. The van der Waals surface area contributed by atoms with E-state index in [0.717, 1.165) is 0 Å². The van der Waals surface area contributed by atoms with Crippen LogP contribution < -0.4 is 0 Å². The first-order chi connectivity index (χ1) is 27.8. The van der Waals surface area contributed by atoms with Gasteiger partial charge in [-0.3, -0.25) is 0 Å². The number of nitrogens with zero attached hydrogens (tertiary/aromatic N) is 2. The fourth-order valence-electron chi connectivity index (χ4n) is 9.93. The second kappa shape index (κ2) is 11.1. The van der Waals surface area contributed by atoms with Crippen LogP contribution in [0, 0.1) is 0 Å². The third-order valence-electron chi connectivity index (χ3n) is 12.4. The predicted molar refractivity (Wildman–Crippen MR) is 238 cm³/mol. The maximum absolute atomic E-state index is 2.53. The molecule has 0 aliphatic rings. The summed E-state index contributed by atoms with van der Waals surface area (Å²) in [7, 11) is 0. The number of para-hydroxylation sites is 2. The molecule has 4 aromatic heterocycles. The average Bonchev–Trinajstić information content (AvgIpc) is 4.00. The van der Waals surface area contributed by atoms with Crippen LogP contribution in [0.15, 0.2) is 194 Å². The van der Waals surface area contributed by atoms with Crippen LogP contribution in [-0.2, 0) is 0 Å². The highest BCUT2D eigenvalue weighted by Gasteiger charge is 2.25. The maximum atomic E-state index is 2.53. The van der Waals surface area contributed by atoms with Crippen molar-refractivity contribution in [1.29, 1.82) is 0 Å². The van der Waals surface area contributed by atoms with E-state index < -0.39 is 0 Å². The molecular formula is C54H32N2. The van der Waals surface area contributed by atoms with Crippen LogP contribution in [0.3, 0.4) is 0 Å². The monoisotopic (exact) mass is 708 g/mol. The van der Waals surface area contributed by atoms with E-state index in [1.165, 1.54) is 121 Å². The van der Waals surface area contributed by atoms with Crippen LogP contribution in [0.25, 0.3) is 121 Å². The number of rotatable bonds is 4. The standard InChI is InChI=1S/C54H32N2/c1-3-11-33(12-4-1)35-19-23-37(24-20-35)39-27-29-41-45-31-50-46(32-49(45)55-47-17-9-7-15-43(47)51(39)53(41)55)42-30-28-40(52-44-16-8-10-18-48(44)56(50)54(42)52)38-25-21-36(22-26-38)34-13-5-2-6-14-34/h1-32H. The first kappa shape index (κ1) is 30.0. The van der Waals surface area contributed by atoms with Crippen LogP contribution in [0.1, 0.15) is 0 Å². The lowest BCUT2D eigenvalue weighted by Gasteiger charge is -2.08. The Morgan fingerprint density at radius 3 is 1.02 bits per heavy atom. The zero-order chi connectivity index (χ0) is 36.5. The van der Waals surface area contributed by atoms with Gasteiger partial charge in [0.2, 0.25) is 0 Å². The first-order valence-electron chi connectivity index (χ1n) is 19.4. The average molecular weight is 709 g/mol. The number of hydrogen-bond donors (Lipinski definition) is 0. The molecule has 9 aromatic carbocycles. The number of hydrogen-bond acceptors (Lipinski definition) is 0. The fraction of sp³-hybridized carbons (Fsp3) is 0. The van der Waals surface area contributed by atoms with Gasteiger partial charge >= 0.3 is 0 Å². The summed E-state index contributed by atoms with van der Waals surface area (Å²) in [5.41, 5.74) is 17.5. The van der Waals surface area contributed by atoms with Gasteiger partial charge in [0.25, 0.3) is 0 Å². The molecule has 0 aliphatic heterocycles. The lowest BCUT2D eigenvalue weighted by Crippen LogP contribution is -1.83. The van der Waals surface area contributed by atoms with Gasteiger partial charge in [0.1, 0.15) is 0 Å². The van der Waals surface area contributed by atoms with Crippen LogP contribution in [0.4, 0.5) is 0 Å². The van der Waals surface area contributed by atoms with E-state index in [2.05, 4.69) is 203 Å². The summed E-state index contributed by atoms with van der Waals surface area (Å²) in [4.78, 5) is 0. The molecule has 56 heavy (non-hydrogen) atoms. The van der Waals surface area contributed by atoms with E-state index in [1.807, 2.05) is 0 Å². The maximum Gasteiger partial charge on any atom is 0.0626 e. The van der Waals surface area contributed by atoms with Gasteiger partial charge in [0, 0.05) is 43.1 Å². The van der Waals surface area contributed by atoms with Crippen molar-refractivity contribution in [2.75, 3.05) is 0 Å². The molecule has 13 rings (SSSR count). The van der Waals surface area contributed by atoms with Crippen molar-refractivity contribution < 1.29 is 0 Å². The van der Waals surface area contributed by atoms with Gasteiger partial charge in [-0.05, 0) is 68.8 Å². The minimum Gasteiger partial charge on any atom is -0.308 e. The molecule has 0 N–H and O–H groups in total. The molecule has 4 heterocycles. The minimum absolute atomic E-state index is 1.23. The molecule has 13 aromatic rings. The molecule has 0 aliphatic carbocycles. The van der Waals surface area contributed by atoms with Crippen LogP contribution in [0.2, 0.25) is 0 Å². The molecule has 0 fully saturated rings. The Morgan fingerprint density at radius 1 is 0.232 bits per heavy atom. The van der Waals surface area contributed by atoms with Crippen LogP contribution in [0.5, 0.6) is 0 Å². The zero-order valence-corrected chi connectivity index (χ0v) is 30.4. The first-order valence-corrected chi connectivity index (χ1v) is 19.4. The van der Waals surface area contributed by atoms with Gasteiger partial charge in [-0.1, -0.05) is 170 Å². The lowest BCUT2D eigenvalue weighted by molar-refractivity contribution is 1.36. The van der Waals surface area contributed by atoms with E-state index in [1.54, 1.807) is 0 Å². The van der Waals surface area contributed by atoms with Crippen molar-refractivity contribution in [3.63, 3.8) is 0 Å². The highest BCUT2D eigenvalue weighted by atomic mass is 14.9. The molecule has 258 valence electrons. The Hall–Kier alpha value is -7.42. The third-order valence-corrected chi connectivity index (χ3v) is 12.4. The summed E-state index contributed by atoms with van der Waals surface area (Å²) >= 11 is 0. The summed E-state index contributed by atoms with van der Waals surface area (Å²) < 4.78 is 5.06. The van der Waals surface area contributed by atoms with E-state index >= 15 is 0 Å². The highest BCUT2D eigenvalue weighted by molar-refractivity contribution is 6.31. The van der Waals surface area contributed by atoms with Gasteiger partial charge in [-0.2, -0.15) is 0 Å². The Morgan fingerprint density at radius 2 is 0.589 bits per heavy atom. The summed E-state index contributed by atoms with van der Waals surface area (Å²) in [6, 6.07) is 71.7. The highest BCUT2D eigenvalue weighted by Crippen LogP contribution is 2.48. The van der Waals surface area contributed by atoms with E-state index in [0.29, 0.717) is 0 Å². The number of aromatic nitrogens is 2. The molecule has 0 saturated carbocycles. The summed E-state index contributed by atoms with van der Waals surface area (Å²) in [5, 5.41) is 10.4. The molecule has 0 atom stereocenters. The second-order valence-electron chi connectivity index (χ2n) is 15.2. The normalized spacial score (nSPS) is 12.3. The predicted octanol–water partition coefficient (Wildman–Crippen LogP) is 14.7. The molecular weight excluding hydrogens is 677 g/mol. The van der Waals surface area contributed by atoms with Gasteiger partial charge in [-0.15, -0.1) is 0 Å². The fourth-order valence-corrected chi connectivity index (χ4v) is 9.93. The smallest absolute Gasteiger partial charge is 0.0626 e. The van der Waals surface area contributed by atoms with Gasteiger partial charge in [0.15, 0.2) is 0 Å². The van der Waals surface area contributed by atoms with Crippen molar-refractivity contribution in [2.45, 2.75) is 0 Å². The number of benzene rings is 9. The van der Waals surface area contributed by atoms with Gasteiger partial charge in [0.05, 0.1) is 33.1 Å². The third kappa shape index (κ3) is 3.95. The Kier molecular flexibility index (Phi) is 5.92. The van der Waals surface area contributed by atoms with Crippen LogP contribution >= 0.6 is 0 Å². The molecule has 0 amide bonds. The lowest BCUT2D eigenvalue weighted by atomic mass is 9.95. The largest absolute Gasteiger partial charge is 0.308 e. The SMILES string of the molecule is c1ccc(-c2ccc(-c3ccc4c5cc6c(cc5n5c7ccccc7c3c45)c3ccc(-c4ccc(-c5ccccc5)cc4)c4c5ccccc5n6c34)cc2)cc1. The number of fused-ring (bicyclic) bond motifs is 12. The summed E-state index contributed by atoms with van der Waals surface area (Å²) in [5.74, 6) is 0. The molecule has 0 bridgehead atoms. The molecule has 0 radical (unpaired) electrons. The van der Waals surface area contributed by atoms with E-state index in [-0.39, 0.29) is 0 Å². The zero-order valence-electron chi connectivity index (χ0n) is 30.4. The molecule has 0 spiro atoms. The van der Waals surface area contributed by atoms with Crippen molar-refractivity contribution in [3.05, 3.63) is 194 Å². The Labute approximate surface area is 322 Å². The van der Waals surface area contributed by atoms with Gasteiger partial charge < -0.3 is 8.80 Å². The van der Waals surface area contributed by atoms with Crippen molar-refractivity contribution in [3.8, 4) is 44.5 Å². The molecule has 0 saturated heterocycles. The van der Waals surface area contributed by atoms with Crippen molar-refractivity contribution >= 4 is 76.2 Å². The second-order valence-corrected chi connectivity index (χ2v) is 15.2. The molecule has 0 unspecified atom stereocenters. The van der Waals surface area contributed by atoms with Crippen LogP contribution in [-0.4, -0.2) is 8.80 Å². The van der Waals surface area contributed by atoms with Crippen molar-refractivity contribution in [2.24, 2.45) is 0 Å². The Balaban J connectivity index is 1.06. The quantitative estimate of drug-likeness (QED) is 0.172. The molecule has 2 heteroatoms. The topological polar surface area (TPSA) is 8.82 Å². The van der Waals surface area contributed by atoms with Crippen molar-refractivity contribution in [1.82, 2.24) is 8.80 Å². The van der Waals surface area contributed by atoms with E-state index in [4.69, 9.17) is 0 Å².